The minimum absolute atomic E-state index is 0.223. The van der Waals surface area contributed by atoms with E-state index >= 15 is 0 Å². The van der Waals surface area contributed by atoms with E-state index in [4.69, 9.17) is 23.7 Å². The summed E-state index contributed by atoms with van der Waals surface area (Å²) in [6.07, 6.45) is -2.57. The predicted octanol–water partition coefficient (Wildman–Crippen LogP) is 5.68. The number of amides is 1. The van der Waals surface area contributed by atoms with E-state index in [9.17, 15) is 4.79 Å². The number of rotatable bonds is 13. The van der Waals surface area contributed by atoms with E-state index in [1.165, 1.54) is 6.92 Å². The van der Waals surface area contributed by atoms with Gasteiger partial charge in [-0.3, -0.25) is 4.79 Å². The summed E-state index contributed by atoms with van der Waals surface area (Å²) in [5.41, 5.74) is 3.08. The summed E-state index contributed by atoms with van der Waals surface area (Å²) in [6.45, 7) is 2.79. The van der Waals surface area contributed by atoms with Crippen molar-refractivity contribution in [3.05, 3.63) is 138 Å². The molecule has 0 radical (unpaired) electrons. The van der Waals surface area contributed by atoms with Crippen molar-refractivity contribution in [1.82, 2.24) is 5.32 Å². The molecule has 0 spiro atoms. The maximum Gasteiger partial charge on any atom is 0.223 e. The molecule has 0 aliphatic carbocycles. The SMILES string of the molecule is CC(=O)NC1C(Oc2ccccc2)OC(COCc2ccccc2)[C@@H](OCc2ccccc2)[C@H]1OCc1ccccc1. The molecule has 1 N–H and O–H groups in total. The number of ether oxygens (including phenoxy) is 5. The Morgan fingerprint density at radius 1 is 0.667 bits per heavy atom. The monoisotopic (exact) mass is 567 g/mol. The molecular weight excluding hydrogens is 530 g/mol. The highest BCUT2D eigenvalue weighted by Gasteiger charge is 2.49. The Morgan fingerprint density at radius 2 is 1.14 bits per heavy atom. The molecule has 5 atom stereocenters. The Balaban J connectivity index is 1.44. The predicted molar refractivity (Wildman–Crippen MR) is 159 cm³/mol. The first kappa shape index (κ1) is 29.5. The lowest BCUT2D eigenvalue weighted by molar-refractivity contribution is -0.270. The summed E-state index contributed by atoms with van der Waals surface area (Å²) in [5.74, 6) is 0.395. The van der Waals surface area contributed by atoms with Crippen molar-refractivity contribution >= 4 is 5.91 Å². The van der Waals surface area contributed by atoms with E-state index in [1.54, 1.807) is 0 Å². The first-order valence-corrected chi connectivity index (χ1v) is 14.2. The summed E-state index contributed by atoms with van der Waals surface area (Å²) >= 11 is 0. The van der Waals surface area contributed by atoms with E-state index in [-0.39, 0.29) is 12.5 Å². The second-order valence-corrected chi connectivity index (χ2v) is 10.2. The van der Waals surface area contributed by atoms with Crippen molar-refractivity contribution in [2.45, 2.75) is 57.4 Å². The molecule has 218 valence electrons. The summed E-state index contributed by atoms with van der Waals surface area (Å²) in [6, 6.07) is 38.6. The second-order valence-electron chi connectivity index (χ2n) is 10.2. The molecule has 7 nitrogen and oxygen atoms in total. The van der Waals surface area contributed by atoms with E-state index in [1.807, 2.05) is 121 Å². The van der Waals surface area contributed by atoms with Crippen LogP contribution in [0.3, 0.4) is 0 Å². The van der Waals surface area contributed by atoms with Crippen LogP contribution >= 0.6 is 0 Å². The quantitative estimate of drug-likeness (QED) is 0.224. The average Bonchev–Trinajstić information content (AvgIpc) is 3.02. The van der Waals surface area contributed by atoms with Gasteiger partial charge in [0.25, 0.3) is 0 Å². The van der Waals surface area contributed by atoms with Crippen LogP contribution in [0.4, 0.5) is 0 Å². The van der Waals surface area contributed by atoms with Crippen molar-refractivity contribution in [3.8, 4) is 5.75 Å². The van der Waals surface area contributed by atoms with E-state index in [2.05, 4.69) is 5.32 Å². The van der Waals surface area contributed by atoms with Crippen molar-refractivity contribution in [3.63, 3.8) is 0 Å². The highest BCUT2D eigenvalue weighted by Crippen LogP contribution is 2.30. The lowest BCUT2D eigenvalue weighted by Gasteiger charge is -2.46. The third-order valence-corrected chi connectivity index (χ3v) is 6.98. The fourth-order valence-electron chi connectivity index (χ4n) is 4.96. The van der Waals surface area contributed by atoms with Crippen LogP contribution in [0, 0.1) is 0 Å². The second kappa shape index (κ2) is 15.3. The van der Waals surface area contributed by atoms with Crippen molar-refractivity contribution in [2.24, 2.45) is 0 Å². The number of para-hydroxylation sites is 1. The Morgan fingerprint density at radius 3 is 1.67 bits per heavy atom. The molecule has 0 bridgehead atoms. The number of benzene rings is 4. The van der Waals surface area contributed by atoms with Gasteiger partial charge in [0.05, 0.1) is 26.4 Å². The van der Waals surface area contributed by atoms with Gasteiger partial charge in [-0.1, -0.05) is 109 Å². The zero-order chi connectivity index (χ0) is 29.0. The van der Waals surface area contributed by atoms with Gasteiger partial charge in [0.1, 0.15) is 30.1 Å². The standard InChI is InChI=1S/C35H37NO6/c1-26(37)36-32-34(40-24-29-18-10-4-11-19-29)33(39-23-28-16-8-3-9-17-28)31(25-38-22-27-14-6-2-7-15-27)42-35(32)41-30-20-12-5-13-21-30/h2-21,31-35H,22-25H2,1H3,(H,36,37)/t31?,32?,33-,34+,35?/m1/s1. The van der Waals surface area contributed by atoms with E-state index in [0.717, 1.165) is 16.7 Å². The van der Waals surface area contributed by atoms with Crippen LogP contribution in [0.15, 0.2) is 121 Å². The molecule has 0 saturated carbocycles. The lowest BCUT2D eigenvalue weighted by atomic mass is 9.95. The fourth-order valence-corrected chi connectivity index (χ4v) is 4.96. The molecule has 1 amide bonds. The van der Waals surface area contributed by atoms with E-state index in [0.29, 0.717) is 25.6 Å². The molecule has 4 aromatic carbocycles. The Kier molecular flexibility index (Phi) is 10.7. The zero-order valence-electron chi connectivity index (χ0n) is 23.7. The van der Waals surface area contributed by atoms with Crippen LogP contribution in [0.25, 0.3) is 0 Å². The summed E-state index contributed by atoms with van der Waals surface area (Å²) in [7, 11) is 0. The third-order valence-electron chi connectivity index (χ3n) is 6.98. The third kappa shape index (κ3) is 8.50. The van der Waals surface area contributed by atoms with Gasteiger partial charge in [-0.2, -0.15) is 0 Å². The number of hydrogen-bond donors (Lipinski definition) is 1. The zero-order valence-corrected chi connectivity index (χ0v) is 23.7. The van der Waals surface area contributed by atoms with Crippen molar-refractivity contribution in [1.29, 1.82) is 0 Å². The summed E-state index contributed by atoms with van der Waals surface area (Å²) in [4.78, 5) is 12.5. The van der Waals surface area contributed by atoms with Crippen LogP contribution in [0.5, 0.6) is 5.75 Å². The number of carbonyl (C=O) groups is 1. The van der Waals surface area contributed by atoms with Crippen LogP contribution in [-0.4, -0.2) is 43.2 Å². The molecule has 4 aromatic rings. The molecular formula is C35H37NO6. The molecule has 1 fully saturated rings. The van der Waals surface area contributed by atoms with Crippen LogP contribution < -0.4 is 10.1 Å². The van der Waals surface area contributed by atoms with Gasteiger partial charge >= 0.3 is 0 Å². The molecule has 42 heavy (non-hydrogen) atoms. The van der Waals surface area contributed by atoms with Gasteiger partial charge in [0.15, 0.2) is 0 Å². The smallest absolute Gasteiger partial charge is 0.223 e. The minimum Gasteiger partial charge on any atom is -0.463 e. The molecule has 1 aliphatic heterocycles. The number of hydrogen-bond acceptors (Lipinski definition) is 6. The maximum atomic E-state index is 12.5. The normalized spacial score (nSPS) is 21.9. The van der Waals surface area contributed by atoms with Crippen molar-refractivity contribution in [2.75, 3.05) is 6.61 Å². The topological polar surface area (TPSA) is 75.3 Å². The fraction of sp³-hybridized carbons (Fsp3) is 0.286. The molecule has 1 heterocycles. The largest absolute Gasteiger partial charge is 0.463 e. The summed E-state index contributed by atoms with van der Waals surface area (Å²) < 4.78 is 32.2. The molecule has 7 heteroatoms. The van der Waals surface area contributed by atoms with Gasteiger partial charge in [0.2, 0.25) is 12.2 Å². The van der Waals surface area contributed by atoms with Gasteiger partial charge in [0, 0.05) is 6.92 Å². The van der Waals surface area contributed by atoms with Crippen LogP contribution in [0.2, 0.25) is 0 Å². The Hall–Kier alpha value is -4.01. The maximum absolute atomic E-state index is 12.5. The van der Waals surface area contributed by atoms with Gasteiger partial charge < -0.3 is 29.0 Å². The number of nitrogens with one attached hydrogen (secondary N) is 1. The molecule has 1 aliphatic rings. The first-order chi connectivity index (χ1) is 20.7. The van der Waals surface area contributed by atoms with Crippen LogP contribution in [-0.2, 0) is 43.6 Å². The molecule has 5 rings (SSSR count). The van der Waals surface area contributed by atoms with E-state index < -0.39 is 30.6 Å². The van der Waals surface area contributed by atoms with Gasteiger partial charge in [-0.15, -0.1) is 0 Å². The first-order valence-electron chi connectivity index (χ1n) is 14.2. The van der Waals surface area contributed by atoms with Crippen LogP contribution in [0.1, 0.15) is 23.6 Å². The Labute approximate surface area is 247 Å². The molecule has 0 aromatic heterocycles. The summed E-state index contributed by atoms with van der Waals surface area (Å²) in [5, 5.41) is 3.03. The van der Waals surface area contributed by atoms with Gasteiger partial charge in [-0.05, 0) is 28.8 Å². The average molecular weight is 568 g/mol. The lowest BCUT2D eigenvalue weighted by Crippen LogP contribution is -2.66. The number of carbonyl (C=O) groups excluding carboxylic acids is 1. The van der Waals surface area contributed by atoms with Crippen molar-refractivity contribution < 1.29 is 28.5 Å². The highest BCUT2D eigenvalue weighted by atomic mass is 16.7. The highest BCUT2D eigenvalue weighted by molar-refractivity contribution is 5.73. The minimum atomic E-state index is -0.848. The molecule has 3 unspecified atom stereocenters. The van der Waals surface area contributed by atoms with Gasteiger partial charge in [-0.25, -0.2) is 0 Å². The molecule has 1 saturated heterocycles. The Bertz CT molecular complexity index is 1340.